The molecule has 1 unspecified atom stereocenters. The Morgan fingerprint density at radius 1 is 1.32 bits per heavy atom. The number of carbonyl (C=O) groups excluding carboxylic acids is 1. The number of para-hydroxylation sites is 1. The number of rotatable bonds is 6. The van der Waals surface area contributed by atoms with E-state index in [1.165, 1.54) is 25.9 Å². The van der Waals surface area contributed by atoms with E-state index in [4.69, 9.17) is 4.74 Å². The zero-order valence-corrected chi connectivity index (χ0v) is 11.9. The van der Waals surface area contributed by atoms with E-state index in [2.05, 4.69) is 11.8 Å². The molecule has 1 atom stereocenters. The molecule has 0 N–H and O–H groups in total. The summed E-state index contributed by atoms with van der Waals surface area (Å²) in [6.45, 7) is 7.18. The molecule has 0 aliphatic carbocycles. The molecule has 1 aliphatic heterocycles. The van der Waals surface area contributed by atoms with E-state index in [1.807, 2.05) is 24.3 Å². The SMILES string of the molecule is CC(=O)c1ccccc1OC(C)CCN1CCCC1. The van der Waals surface area contributed by atoms with E-state index in [-0.39, 0.29) is 11.9 Å². The molecule has 104 valence electrons. The lowest BCUT2D eigenvalue weighted by Gasteiger charge is -2.20. The van der Waals surface area contributed by atoms with Crippen molar-refractivity contribution in [3.05, 3.63) is 29.8 Å². The average Bonchev–Trinajstić information content (AvgIpc) is 2.90. The van der Waals surface area contributed by atoms with Crippen molar-refractivity contribution in [3.63, 3.8) is 0 Å². The maximum Gasteiger partial charge on any atom is 0.163 e. The number of likely N-dealkylation sites (tertiary alicyclic amines) is 1. The number of ether oxygens (including phenoxy) is 1. The van der Waals surface area contributed by atoms with Crippen molar-refractivity contribution in [1.29, 1.82) is 0 Å². The molecule has 0 aromatic heterocycles. The van der Waals surface area contributed by atoms with Gasteiger partial charge in [0.15, 0.2) is 5.78 Å². The standard InChI is InChI=1S/C16H23NO2/c1-13(9-12-17-10-5-6-11-17)19-16-8-4-3-7-15(16)14(2)18/h3-4,7-8,13H,5-6,9-12H2,1-2H3. The molecule has 1 saturated heterocycles. The first-order chi connectivity index (χ1) is 9.16. The molecular weight excluding hydrogens is 238 g/mol. The summed E-state index contributed by atoms with van der Waals surface area (Å²) in [5.41, 5.74) is 0.676. The van der Waals surface area contributed by atoms with Crippen LogP contribution in [0.1, 0.15) is 43.5 Å². The van der Waals surface area contributed by atoms with Gasteiger partial charge in [-0.15, -0.1) is 0 Å². The van der Waals surface area contributed by atoms with Gasteiger partial charge < -0.3 is 9.64 Å². The van der Waals surface area contributed by atoms with Crippen LogP contribution in [0, 0.1) is 0 Å². The normalized spacial score (nSPS) is 17.4. The van der Waals surface area contributed by atoms with Crippen LogP contribution < -0.4 is 4.74 Å². The Bertz CT molecular complexity index is 425. The first kappa shape index (κ1) is 14.1. The third-order valence-electron chi connectivity index (χ3n) is 3.65. The van der Waals surface area contributed by atoms with Crippen LogP contribution >= 0.6 is 0 Å². The minimum atomic E-state index is 0.0577. The molecule has 0 spiro atoms. The molecule has 0 bridgehead atoms. The fourth-order valence-electron chi connectivity index (χ4n) is 2.51. The summed E-state index contributed by atoms with van der Waals surface area (Å²) in [5, 5.41) is 0. The highest BCUT2D eigenvalue weighted by Gasteiger charge is 2.14. The van der Waals surface area contributed by atoms with Gasteiger partial charge >= 0.3 is 0 Å². The number of hydrogen-bond donors (Lipinski definition) is 0. The van der Waals surface area contributed by atoms with E-state index in [9.17, 15) is 4.79 Å². The topological polar surface area (TPSA) is 29.5 Å². The van der Waals surface area contributed by atoms with Crippen molar-refractivity contribution in [2.45, 2.75) is 39.2 Å². The lowest BCUT2D eigenvalue weighted by Crippen LogP contribution is -2.25. The van der Waals surface area contributed by atoms with E-state index >= 15 is 0 Å². The van der Waals surface area contributed by atoms with Crippen LogP contribution in [0.3, 0.4) is 0 Å². The summed E-state index contributed by atoms with van der Waals surface area (Å²) in [7, 11) is 0. The summed E-state index contributed by atoms with van der Waals surface area (Å²) in [6.07, 6.45) is 3.79. The molecule has 19 heavy (non-hydrogen) atoms. The second kappa shape index (κ2) is 6.71. The number of Topliss-reactive ketones (excluding diaryl/α,β-unsaturated/α-hetero) is 1. The van der Waals surface area contributed by atoms with Gasteiger partial charge in [-0.05, 0) is 58.3 Å². The van der Waals surface area contributed by atoms with Gasteiger partial charge in [-0.2, -0.15) is 0 Å². The molecule has 2 rings (SSSR count). The Morgan fingerprint density at radius 3 is 2.68 bits per heavy atom. The van der Waals surface area contributed by atoms with E-state index < -0.39 is 0 Å². The van der Waals surface area contributed by atoms with Gasteiger partial charge in [0.05, 0.1) is 11.7 Å². The molecule has 3 heteroatoms. The average molecular weight is 261 g/mol. The van der Waals surface area contributed by atoms with Crippen molar-refractivity contribution in [1.82, 2.24) is 4.90 Å². The van der Waals surface area contributed by atoms with E-state index in [0.717, 1.165) is 13.0 Å². The van der Waals surface area contributed by atoms with Gasteiger partial charge in [0.25, 0.3) is 0 Å². The highest BCUT2D eigenvalue weighted by atomic mass is 16.5. The van der Waals surface area contributed by atoms with Crippen molar-refractivity contribution in [3.8, 4) is 5.75 Å². The fourth-order valence-corrected chi connectivity index (χ4v) is 2.51. The van der Waals surface area contributed by atoms with Crippen molar-refractivity contribution in [2.75, 3.05) is 19.6 Å². The highest BCUT2D eigenvalue weighted by Crippen LogP contribution is 2.21. The van der Waals surface area contributed by atoms with Gasteiger partial charge in [0.1, 0.15) is 5.75 Å². The zero-order chi connectivity index (χ0) is 13.7. The van der Waals surface area contributed by atoms with Crippen LogP contribution in [0.2, 0.25) is 0 Å². The quantitative estimate of drug-likeness (QED) is 0.737. The van der Waals surface area contributed by atoms with Crippen molar-refractivity contribution < 1.29 is 9.53 Å². The molecule has 1 aliphatic rings. The van der Waals surface area contributed by atoms with Crippen LogP contribution in [0.15, 0.2) is 24.3 Å². The number of benzene rings is 1. The molecule has 0 saturated carbocycles. The summed E-state index contributed by atoms with van der Waals surface area (Å²) in [5.74, 6) is 0.770. The molecule has 0 radical (unpaired) electrons. The minimum absolute atomic E-state index is 0.0577. The van der Waals surface area contributed by atoms with E-state index in [1.54, 1.807) is 6.92 Å². The minimum Gasteiger partial charge on any atom is -0.490 e. The predicted octanol–water partition coefficient (Wildman–Crippen LogP) is 3.14. The molecule has 1 heterocycles. The van der Waals surface area contributed by atoms with Gasteiger partial charge in [-0.25, -0.2) is 0 Å². The Hall–Kier alpha value is -1.35. The Balaban J connectivity index is 1.87. The number of hydrogen-bond acceptors (Lipinski definition) is 3. The van der Waals surface area contributed by atoms with Crippen LogP contribution in [0.5, 0.6) is 5.75 Å². The Labute approximate surface area is 115 Å². The fraction of sp³-hybridized carbons (Fsp3) is 0.562. The number of ketones is 1. The highest BCUT2D eigenvalue weighted by molar-refractivity contribution is 5.96. The van der Waals surface area contributed by atoms with Crippen LogP contribution in [0.25, 0.3) is 0 Å². The van der Waals surface area contributed by atoms with Crippen LogP contribution in [-0.2, 0) is 0 Å². The largest absolute Gasteiger partial charge is 0.490 e. The second-order valence-electron chi connectivity index (χ2n) is 5.32. The monoisotopic (exact) mass is 261 g/mol. The predicted molar refractivity (Wildman–Crippen MR) is 76.8 cm³/mol. The Morgan fingerprint density at radius 2 is 2.00 bits per heavy atom. The van der Waals surface area contributed by atoms with E-state index in [0.29, 0.717) is 11.3 Å². The molecule has 3 nitrogen and oxygen atoms in total. The summed E-state index contributed by atoms with van der Waals surface area (Å²) >= 11 is 0. The molecule has 1 aromatic rings. The van der Waals surface area contributed by atoms with Gasteiger partial charge in [0.2, 0.25) is 0 Å². The van der Waals surface area contributed by atoms with Crippen LogP contribution in [0.4, 0.5) is 0 Å². The molecule has 0 amide bonds. The lowest BCUT2D eigenvalue weighted by atomic mass is 10.1. The summed E-state index contributed by atoms with van der Waals surface area (Å²) < 4.78 is 5.92. The van der Waals surface area contributed by atoms with Gasteiger partial charge in [-0.3, -0.25) is 4.79 Å². The van der Waals surface area contributed by atoms with Crippen molar-refractivity contribution in [2.24, 2.45) is 0 Å². The maximum atomic E-state index is 11.5. The smallest absolute Gasteiger partial charge is 0.163 e. The van der Waals surface area contributed by atoms with Crippen molar-refractivity contribution >= 4 is 5.78 Å². The first-order valence-corrected chi connectivity index (χ1v) is 7.16. The van der Waals surface area contributed by atoms with Gasteiger partial charge in [0, 0.05) is 6.54 Å². The summed E-state index contributed by atoms with van der Waals surface area (Å²) in [4.78, 5) is 14.0. The second-order valence-corrected chi connectivity index (χ2v) is 5.32. The zero-order valence-electron chi connectivity index (χ0n) is 11.9. The first-order valence-electron chi connectivity index (χ1n) is 7.16. The lowest BCUT2D eigenvalue weighted by molar-refractivity contribution is 0.101. The maximum absolute atomic E-state index is 11.5. The third kappa shape index (κ3) is 4.06. The summed E-state index contributed by atoms with van der Waals surface area (Å²) in [6, 6.07) is 7.49. The number of nitrogens with zero attached hydrogens (tertiary/aromatic N) is 1. The van der Waals surface area contributed by atoms with Gasteiger partial charge in [-0.1, -0.05) is 12.1 Å². The third-order valence-corrected chi connectivity index (χ3v) is 3.65. The number of carbonyl (C=O) groups is 1. The molecule has 1 fully saturated rings. The Kier molecular flexibility index (Phi) is 4.97. The van der Waals surface area contributed by atoms with Crippen LogP contribution in [-0.4, -0.2) is 36.4 Å². The molecular formula is C16H23NO2. The molecule has 1 aromatic carbocycles.